The van der Waals surface area contributed by atoms with Gasteiger partial charge in [-0.1, -0.05) is 6.92 Å². The summed E-state index contributed by atoms with van der Waals surface area (Å²) in [6.45, 7) is 6.84. The van der Waals surface area contributed by atoms with Crippen molar-refractivity contribution >= 4 is 0 Å². The van der Waals surface area contributed by atoms with Gasteiger partial charge in [-0.05, 0) is 26.0 Å². The Bertz CT molecular complexity index is 497. The van der Waals surface area contributed by atoms with Crippen molar-refractivity contribution in [3.8, 4) is 0 Å². The highest BCUT2D eigenvalue weighted by Gasteiger charge is 2.06. The molecule has 2 rings (SSSR count). The molecule has 5 nitrogen and oxygen atoms in total. The highest BCUT2D eigenvalue weighted by Crippen LogP contribution is 2.07. The third-order valence-corrected chi connectivity index (χ3v) is 2.94. The number of hydrogen-bond donors (Lipinski definition) is 1. The van der Waals surface area contributed by atoms with Crippen LogP contribution in [0.3, 0.4) is 0 Å². The number of nitrogens with zero attached hydrogens (tertiary/aromatic N) is 4. The molecule has 0 aliphatic heterocycles. The molecule has 2 aromatic heterocycles. The fraction of sp³-hybridized carbons (Fsp3) is 0.538. The summed E-state index contributed by atoms with van der Waals surface area (Å²) in [4.78, 5) is 4.39. The van der Waals surface area contributed by atoms with Gasteiger partial charge in [-0.25, -0.2) is 4.98 Å². The van der Waals surface area contributed by atoms with Crippen molar-refractivity contribution < 1.29 is 0 Å². The van der Waals surface area contributed by atoms with E-state index in [4.69, 9.17) is 0 Å². The Labute approximate surface area is 108 Å². The first-order valence-electron chi connectivity index (χ1n) is 6.41. The maximum absolute atomic E-state index is 4.39. The Hall–Kier alpha value is -1.62. The topological polar surface area (TPSA) is 47.7 Å². The maximum atomic E-state index is 4.39. The minimum absolute atomic E-state index is 0.817. The first kappa shape index (κ1) is 12.8. The molecule has 0 aromatic carbocycles. The van der Waals surface area contributed by atoms with Crippen LogP contribution in [-0.4, -0.2) is 25.9 Å². The molecule has 0 saturated carbocycles. The van der Waals surface area contributed by atoms with Crippen molar-refractivity contribution in [3.05, 3.63) is 35.7 Å². The van der Waals surface area contributed by atoms with Crippen molar-refractivity contribution in [2.24, 2.45) is 7.05 Å². The molecule has 0 aliphatic rings. The van der Waals surface area contributed by atoms with Crippen LogP contribution in [0.1, 0.15) is 30.6 Å². The van der Waals surface area contributed by atoms with Gasteiger partial charge in [0.2, 0.25) is 0 Å². The van der Waals surface area contributed by atoms with Gasteiger partial charge in [-0.2, -0.15) is 5.10 Å². The van der Waals surface area contributed by atoms with Crippen LogP contribution in [0.2, 0.25) is 0 Å². The molecule has 0 atom stereocenters. The lowest BCUT2D eigenvalue weighted by molar-refractivity contribution is 0.597. The Morgan fingerprint density at radius 1 is 1.39 bits per heavy atom. The summed E-state index contributed by atoms with van der Waals surface area (Å²) in [7, 11) is 1.98. The molecular weight excluding hydrogens is 226 g/mol. The van der Waals surface area contributed by atoms with E-state index in [0.717, 1.165) is 37.6 Å². The van der Waals surface area contributed by atoms with Crippen molar-refractivity contribution in [1.82, 2.24) is 24.6 Å². The van der Waals surface area contributed by atoms with Gasteiger partial charge in [-0.3, -0.25) is 4.68 Å². The molecule has 18 heavy (non-hydrogen) atoms. The summed E-state index contributed by atoms with van der Waals surface area (Å²) in [5.74, 6) is 1.07. The van der Waals surface area contributed by atoms with Crippen LogP contribution in [0.5, 0.6) is 0 Å². The summed E-state index contributed by atoms with van der Waals surface area (Å²) in [6.07, 6.45) is 5.01. The zero-order valence-electron chi connectivity index (χ0n) is 11.3. The number of aromatic nitrogens is 4. The monoisotopic (exact) mass is 247 g/mol. The van der Waals surface area contributed by atoms with Crippen LogP contribution in [0.4, 0.5) is 0 Å². The highest BCUT2D eigenvalue weighted by molar-refractivity contribution is 5.10. The molecule has 2 heterocycles. The maximum Gasteiger partial charge on any atom is 0.123 e. The lowest BCUT2D eigenvalue weighted by Crippen LogP contribution is -2.18. The van der Waals surface area contributed by atoms with Gasteiger partial charge in [0.1, 0.15) is 5.82 Å². The van der Waals surface area contributed by atoms with E-state index in [2.05, 4.69) is 33.0 Å². The second-order valence-electron chi connectivity index (χ2n) is 4.55. The first-order valence-corrected chi connectivity index (χ1v) is 6.41. The van der Waals surface area contributed by atoms with Gasteiger partial charge < -0.3 is 9.88 Å². The molecule has 0 fully saturated rings. The summed E-state index contributed by atoms with van der Waals surface area (Å²) in [5, 5.41) is 7.74. The smallest absolute Gasteiger partial charge is 0.123 e. The van der Waals surface area contributed by atoms with Crippen LogP contribution in [0.15, 0.2) is 18.5 Å². The van der Waals surface area contributed by atoms with E-state index in [-0.39, 0.29) is 0 Å². The largest absolute Gasteiger partial charge is 0.328 e. The van der Waals surface area contributed by atoms with Crippen LogP contribution in [0.25, 0.3) is 0 Å². The third kappa shape index (κ3) is 2.98. The highest BCUT2D eigenvalue weighted by atomic mass is 15.3. The minimum atomic E-state index is 0.817. The molecule has 2 aromatic rings. The van der Waals surface area contributed by atoms with Gasteiger partial charge in [0.15, 0.2) is 0 Å². The average Bonchev–Trinajstić information content (AvgIpc) is 2.88. The SMILES string of the molecule is CCCNCc1nccn1Cc1cc(C)nn1C. The summed E-state index contributed by atoms with van der Waals surface area (Å²) in [6, 6.07) is 2.11. The van der Waals surface area contributed by atoms with E-state index in [1.165, 1.54) is 5.69 Å². The Morgan fingerprint density at radius 3 is 2.89 bits per heavy atom. The van der Waals surface area contributed by atoms with Gasteiger partial charge in [0, 0.05) is 19.4 Å². The summed E-state index contributed by atoms with van der Waals surface area (Å²) in [5.41, 5.74) is 2.25. The molecule has 98 valence electrons. The molecule has 0 bridgehead atoms. The van der Waals surface area contributed by atoms with Crippen molar-refractivity contribution in [1.29, 1.82) is 0 Å². The van der Waals surface area contributed by atoms with E-state index in [1.807, 2.05) is 31.0 Å². The average molecular weight is 247 g/mol. The van der Waals surface area contributed by atoms with Crippen molar-refractivity contribution in [2.75, 3.05) is 6.54 Å². The number of rotatable bonds is 6. The predicted molar refractivity (Wildman–Crippen MR) is 71.3 cm³/mol. The van der Waals surface area contributed by atoms with Crippen LogP contribution in [0, 0.1) is 6.92 Å². The third-order valence-electron chi connectivity index (χ3n) is 2.94. The molecule has 0 saturated heterocycles. The second kappa shape index (κ2) is 5.82. The van der Waals surface area contributed by atoms with Gasteiger partial charge >= 0.3 is 0 Å². The van der Waals surface area contributed by atoms with Crippen LogP contribution in [-0.2, 0) is 20.1 Å². The van der Waals surface area contributed by atoms with Gasteiger partial charge in [0.05, 0.1) is 24.5 Å². The standard InChI is InChI=1S/C13H21N5/c1-4-5-14-9-13-15-6-7-18(13)10-12-8-11(2)16-17(12)3/h6-8,14H,4-5,9-10H2,1-3H3. The Balaban J connectivity index is 2.05. The van der Waals surface area contributed by atoms with Crippen LogP contribution < -0.4 is 5.32 Å². The normalized spacial score (nSPS) is 11.1. The molecule has 5 heteroatoms. The van der Waals surface area contributed by atoms with E-state index >= 15 is 0 Å². The Kier molecular flexibility index (Phi) is 4.15. The predicted octanol–water partition coefficient (Wildman–Crippen LogP) is 1.47. The molecule has 0 radical (unpaired) electrons. The lowest BCUT2D eigenvalue weighted by atomic mass is 10.3. The second-order valence-corrected chi connectivity index (χ2v) is 4.55. The summed E-state index contributed by atoms with van der Waals surface area (Å²) >= 11 is 0. The Morgan fingerprint density at radius 2 is 2.22 bits per heavy atom. The fourth-order valence-corrected chi connectivity index (χ4v) is 2.01. The lowest BCUT2D eigenvalue weighted by Gasteiger charge is -2.08. The zero-order chi connectivity index (χ0) is 13.0. The fourth-order valence-electron chi connectivity index (χ4n) is 2.01. The summed E-state index contributed by atoms with van der Waals surface area (Å²) < 4.78 is 4.09. The van der Waals surface area contributed by atoms with Crippen molar-refractivity contribution in [3.63, 3.8) is 0 Å². The minimum Gasteiger partial charge on any atom is -0.328 e. The van der Waals surface area contributed by atoms with Crippen molar-refractivity contribution in [2.45, 2.75) is 33.4 Å². The molecule has 1 N–H and O–H groups in total. The molecule has 0 spiro atoms. The van der Waals surface area contributed by atoms with E-state index in [0.29, 0.717) is 0 Å². The number of hydrogen-bond acceptors (Lipinski definition) is 3. The van der Waals surface area contributed by atoms with E-state index < -0.39 is 0 Å². The first-order chi connectivity index (χ1) is 8.70. The molecule has 0 amide bonds. The quantitative estimate of drug-likeness (QED) is 0.786. The number of aryl methyl sites for hydroxylation is 2. The zero-order valence-corrected chi connectivity index (χ0v) is 11.3. The molecule has 0 unspecified atom stereocenters. The van der Waals surface area contributed by atoms with Gasteiger partial charge in [-0.15, -0.1) is 0 Å². The number of imidazole rings is 1. The van der Waals surface area contributed by atoms with Crippen LogP contribution >= 0.6 is 0 Å². The van der Waals surface area contributed by atoms with Gasteiger partial charge in [0.25, 0.3) is 0 Å². The molecule has 0 aliphatic carbocycles. The number of nitrogens with one attached hydrogen (secondary N) is 1. The van der Waals surface area contributed by atoms with E-state index in [1.54, 1.807) is 0 Å². The molecular formula is C13H21N5. The van der Waals surface area contributed by atoms with E-state index in [9.17, 15) is 0 Å².